The Balaban J connectivity index is 2.35. The zero-order valence-electron chi connectivity index (χ0n) is 7.54. The second-order valence-corrected chi connectivity index (χ2v) is 3.08. The Hall–Kier alpha value is -0.920. The van der Waals surface area contributed by atoms with Gasteiger partial charge in [-0.25, -0.2) is 0 Å². The van der Waals surface area contributed by atoms with Gasteiger partial charge >= 0.3 is 0 Å². The standard InChI is InChI=1S/C9H16N2/c1-4-9(2)7-11-6-5-10(3)8-11/h4-6H,7-8H2,1-3H3. The molecular weight excluding hydrogens is 136 g/mol. The SMILES string of the molecule is CC=C(C)CN1C=CN(C)C1. The molecule has 1 rings (SSSR count). The quantitative estimate of drug-likeness (QED) is 0.555. The van der Waals surface area contributed by atoms with Crippen molar-refractivity contribution in [2.24, 2.45) is 0 Å². The van der Waals surface area contributed by atoms with Crippen LogP contribution < -0.4 is 0 Å². The predicted octanol–water partition coefficient (Wildman–Crippen LogP) is 1.63. The lowest BCUT2D eigenvalue weighted by Crippen LogP contribution is -2.23. The lowest BCUT2D eigenvalue weighted by atomic mass is 10.3. The summed E-state index contributed by atoms with van der Waals surface area (Å²) >= 11 is 0. The van der Waals surface area contributed by atoms with Crippen molar-refractivity contribution in [1.82, 2.24) is 9.80 Å². The van der Waals surface area contributed by atoms with Gasteiger partial charge < -0.3 is 9.80 Å². The van der Waals surface area contributed by atoms with Crippen LogP contribution in [0, 0.1) is 0 Å². The summed E-state index contributed by atoms with van der Waals surface area (Å²) in [7, 11) is 2.08. The highest BCUT2D eigenvalue weighted by atomic mass is 15.3. The first kappa shape index (κ1) is 8.18. The minimum atomic E-state index is 1.02. The Morgan fingerprint density at radius 3 is 2.73 bits per heavy atom. The van der Waals surface area contributed by atoms with Crippen molar-refractivity contribution in [2.75, 3.05) is 20.3 Å². The summed E-state index contributed by atoms with van der Waals surface area (Å²) in [5.74, 6) is 0. The van der Waals surface area contributed by atoms with Crippen molar-refractivity contribution in [3.05, 3.63) is 24.0 Å². The summed E-state index contributed by atoms with van der Waals surface area (Å²) in [4.78, 5) is 4.46. The van der Waals surface area contributed by atoms with Gasteiger partial charge in [0.25, 0.3) is 0 Å². The van der Waals surface area contributed by atoms with E-state index in [0.29, 0.717) is 0 Å². The van der Waals surface area contributed by atoms with Gasteiger partial charge in [0.2, 0.25) is 0 Å². The van der Waals surface area contributed by atoms with Crippen LogP contribution in [0.4, 0.5) is 0 Å². The zero-order chi connectivity index (χ0) is 8.27. The average Bonchev–Trinajstić information content (AvgIpc) is 2.35. The predicted molar refractivity (Wildman–Crippen MR) is 47.9 cm³/mol. The maximum atomic E-state index is 2.29. The molecule has 0 unspecified atom stereocenters. The minimum absolute atomic E-state index is 1.02. The van der Waals surface area contributed by atoms with E-state index in [0.717, 1.165) is 13.2 Å². The van der Waals surface area contributed by atoms with Crippen molar-refractivity contribution < 1.29 is 0 Å². The van der Waals surface area contributed by atoms with Crippen LogP contribution in [0.5, 0.6) is 0 Å². The van der Waals surface area contributed by atoms with Crippen LogP contribution >= 0.6 is 0 Å². The molecule has 0 bridgehead atoms. The Bertz CT molecular complexity index is 182. The summed E-state index contributed by atoms with van der Waals surface area (Å²) in [6.45, 7) is 6.31. The van der Waals surface area contributed by atoms with Gasteiger partial charge in [0.05, 0.1) is 6.67 Å². The molecule has 0 aromatic rings. The normalized spacial score (nSPS) is 18.3. The van der Waals surface area contributed by atoms with E-state index in [9.17, 15) is 0 Å². The van der Waals surface area contributed by atoms with Crippen molar-refractivity contribution in [3.63, 3.8) is 0 Å². The lowest BCUT2D eigenvalue weighted by molar-refractivity contribution is 0.313. The fraction of sp³-hybridized carbons (Fsp3) is 0.556. The monoisotopic (exact) mass is 152 g/mol. The first-order valence-electron chi connectivity index (χ1n) is 3.97. The van der Waals surface area contributed by atoms with Crippen molar-refractivity contribution in [1.29, 1.82) is 0 Å². The highest BCUT2D eigenvalue weighted by molar-refractivity contribution is 5.02. The molecule has 1 aliphatic rings. The topological polar surface area (TPSA) is 6.48 Å². The largest absolute Gasteiger partial charge is 0.362 e. The third-order valence-electron chi connectivity index (χ3n) is 1.88. The molecule has 0 aliphatic carbocycles. The van der Waals surface area contributed by atoms with Gasteiger partial charge in [-0.1, -0.05) is 11.6 Å². The van der Waals surface area contributed by atoms with E-state index >= 15 is 0 Å². The van der Waals surface area contributed by atoms with E-state index in [1.165, 1.54) is 5.57 Å². The Morgan fingerprint density at radius 2 is 2.27 bits per heavy atom. The van der Waals surface area contributed by atoms with Gasteiger partial charge in [-0.3, -0.25) is 0 Å². The highest BCUT2D eigenvalue weighted by Crippen LogP contribution is 2.06. The first-order chi connectivity index (χ1) is 5.22. The second-order valence-electron chi connectivity index (χ2n) is 3.08. The van der Waals surface area contributed by atoms with Crippen LogP contribution in [0.2, 0.25) is 0 Å². The van der Waals surface area contributed by atoms with Gasteiger partial charge in [0, 0.05) is 26.0 Å². The molecular formula is C9H16N2. The molecule has 0 spiro atoms. The molecule has 1 aliphatic heterocycles. The molecule has 0 saturated carbocycles. The van der Waals surface area contributed by atoms with Gasteiger partial charge in [0.15, 0.2) is 0 Å². The fourth-order valence-electron chi connectivity index (χ4n) is 1.10. The molecule has 0 aromatic carbocycles. The number of nitrogens with zero attached hydrogens (tertiary/aromatic N) is 2. The molecule has 0 aromatic heterocycles. The molecule has 62 valence electrons. The van der Waals surface area contributed by atoms with E-state index in [-0.39, 0.29) is 0 Å². The fourth-order valence-corrected chi connectivity index (χ4v) is 1.10. The maximum absolute atomic E-state index is 2.29. The number of rotatable bonds is 2. The molecule has 0 radical (unpaired) electrons. The van der Waals surface area contributed by atoms with Crippen LogP contribution in [0.15, 0.2) is 24.0 Å². The van der Waals surface area contributed by atoms with Crippen LogP contribution in [0.25, 0.3) is 0 Å². The number of hydrogen-bond donors (Lipinski definition) is 0. The van der Waals surface area contributed by atoms with Gasteiger partial charge in [0.1, 0.15) is 0 Å². The zero-order valence-corrected chi connectivity index (χ0v) is 7.54. The van der Waals surface area contributed by atoms with Gasteiger partial charge in [-0.15, -0.1) is 0 Å². The first-order valence-corrected chi connectivity index (χ1v) is 3.97. The molecule has 2 heteroatoms. The number of hydrogen-bond acceptors (Lipinski definition) is 2. The van der Waals surface area contributed by atoms with Crippen LogP contribution in [-0.4, -0.2) is 30.1 Å². The number of allylic oxidation sites excluding steroid dienone is 1. The summed E-state index contributed by atoms with van der Waals surface area (Å²) < 4.78 is 0. The molecule has 0 fully saturated rings. The van der Waals surface area contributed by atoms with Crippen molar-refractivity contribution >= 4 is 0 Å². The lowest BCUT2D eigenvalue weighted by Gasteiger charge is -2.17. The summed E-state index contributed by atoms with van der Waals surface area (Å²) in [6, 6.07) is 0. The van der Waals surface area contributed by atoms with E-state index in [2.05, 4.69) is 49.2 Å². The van der Waals surface area contributed by atoms with Crippen molar-refractivity contribution in [2.45, 2.75) is 13.8 Å². The smallest absolute Gasteiger partial charge is 0.0894 e. The molecule has 11 heavy (non-hydrogen) atoms. The van der Waals surface area contributed by atoms with Gasteiger partial charge in [-0.2, -0.15) is 0 Å². The van der Waals surface area contributed by atoms with Crippen LogP contribution in [0.3, 0.4) is 0 Å². The third-order valence-corrected chi connectivity index (χ3v) is 1.88. The van der Waals surface area contributed by atoms with Gasteiger partial charge in [-0.05, 0) is 13.8 Å². The minimum Gasteiger partial charge on any atom is -0.362 e. The summed E-state index contributed by atoms with van der Waals surface area (Å²) in [5.41, 5.74) is 1.42. The Labute approximate surface area is 68.8 Å². The molecule has 0 atom stereocenters. The highest BCUT2D eigenvalue weighted by Gasteiger charge is 2.06. The third kappa shape index (κ3) is 2.30. The Morgan fingerprint density at radius 1 is 1.55 bits per heavy atom. The second kappa shape index (κ2) is 3.46. The van der Waals surface area contributed by atoms with E-state index in [4.69, 9.17) is 0 Å². The average molecular weight is 152 g/mol. The van der Waals surface area contributed by atoms with Crippen LogP contribution in [0.1, 0.15) is 13.8 Å². The van der Waals surface area contributed by atoms with Crippen molar-refractivity contribution in [3.8, 4) is 0 Å². The Kier molecular flexibility index (Phi) is 2.58. The molecule has 0 amide bonds. The van der Waals surface area contributed by atoms with E-state index in [1.807, 2.05) is 0 Å². The summed E-state index contributed by atoms with van der Waals surface area (Å²) in [5, 5.41) is 0. The van der Waals surface area contributed by atoms with Crippen LogP contribution in [-0.2, 0) is 0 Å². The molecule has 0 N–H and O–H groups in total. The van der Waals surface area contributed by atoms with E-state index < -0.39 is 0 Å². The summed E-state index contributed by atoms with van der Waals surface area (Å²) in [6.07, 6.45) is 6.39. The molecule has 0 saturated heterocycles. The van der Waals surface area contributed by atoms with E-state index in [1.54, 1.807) is 0 Å². The maximum Gasteiger partial charge on any atom is 0.0894 e. The molecule has 1 heterocycles. The molecule has 2 nitrogen and oxygen atoms in total.